The molecule has 0 N–H and O–H groups in total. The first-order chi connectivity index (χ1) is 15.0. The van der Waals surface area contributed by atoms with Gasteiger partial charge in [0.05, 0.1) is 18.3 Å². The lowest BCUT2D eigenvalue weighted by Crippen LogP contribution is -2.37. The minimum atomic E-state index is -0.909. The Morgan fingerprint density at radius 1 is 0.839 bits per heavy atom. The van der Waals surface area contributed by atoms with Crippen LogP contribution in [0.1, 0.15) is 17.2 Å². The first-order valence-corrected chi connectivity index (χ1v) is 10.7. The average Bonchev–Trinajstić information content (AvgIpc) is 3.27. The summed E-state index contributed by atoms with van der Waals surface area (Å²) in [6.07, 6.45) is -0.909. The predicted octanol–water partition coefficient (Wildman–Crippen LogP) is 5.04. The van der Waals surface area contributed by atoms with Gasteiger partial charge in [0.2, 0.25) is 5.91 Å². The third kappa shape index (κ3) is 3.49. The number of rotatable bonds is 4. The lowest BCUT2D eigenvalue weighted by molar-refractivity contribution is -0.143. The molecular weight excluding hydrogens is 435 g/mol. The van der Waals surface area contributed by atoms with E-state index < -0.39 is 18.1 Å². The molecule has 0 aliphatic carbocycles. The number of para-hydroxylation sites is 1. The Morgan fingerprint density at radius 2 is 1.52 bits per heavy atom. The molecule has 5 rings (SSSR count). The van der Waals surface area contributed by atoms with Crippen molar-refractivity contribution in [3.05, 3.63) is 100 Å². The number of imide groups is 1. The molecule has 0 unspecified atom stereocenters. The summed E-state index contributed by atoms with van der Waals surface area (Å²) >= 11 is 12.6. The fourth-order valence-electron chi connectivity index (χ4n) is 4.25. The third-order valence-corrected chi connectivity index (χ3v) is 6.24. The molecule has 2 amide bonds. The third-order valence-electron chi connectivity index (χ3n) is 5.68. The van der Waals surface area contributed by atoms with Gasteiger partial charge in [-0.15, -0.1) is 0 Å². The van der Waals surface area contributed by atoms with E-state index in [9.17, 15) is 9.59 Å². The maximum atomic E-state index is 13.5. The van der Waals surface area contributed by atoms with E-state index in [0.29, 0.717) is 15.6 Å². The largest absolute Gasteiger partial charge is 0.275 e. The first kappa shape index (κ1) is 20.1. The summed E-state index contributed by atoms with van der Waals surface area (Å²) in [6, 6.07) is 23.4. The Morgan fingerprint density at radius 3 is 2.19 bits per heavy atom. The van der Waals surface area contributed by atoms with E-state index in [0.717, 1.165) is 11.3 Å². The molecule has 0 spiro atoms. The highest BCUT2D eigenvalue weighted by atomic mass is 35.5. The van der Waals surface area contributed by atoms with Crippen LogP contribution in [-0.2, 0) is 21.0 Å². The summed E-state index contributed by atoms with van der Waals surface area (Å²) in [5.74, 6) is -1.32. The van der Waals surface area contributed by atoms with E-state index in [1.165, 1.54) is 4.90 Å². The average molecular weight is 453 g/mol. The maximum Gasteiger partial charge on any atom is 0.262 e. The number of likely N-dealkylation sites (tertiary alicyclic amines) is 1. The van der Waals surface area contributed by atoms with Gasteiger partial charge in [-0.1, -0.05) is 77.8 Å². The molecule has 3 atom stereocenters. The highest BCUT2D eigenvalue weighted by Gasteiger charge is 2.60. The van der Waals surface area contributed by atoms with E-state index in [-0.39, 0.29) is 18.4 Å². The van der Waals surface area contributed by atoms with Gasteiger partial charge in [0.1, 0.15) is 5.92 Å². The topological polar surface area (TPSA) is 49.9 Å². The Balaban J connectivity index is 1.55. The maximum absolute atomic E-state index is 13.5. The van der Waals surface area contributed by atoms with Crippen LogP contribution in [0.25, 0.3) is 0 Å². The second-order valence-corrected chi connectivity index (χ2v) is 8.42. The van der Waals surface area contributed by atoms with Crippen LogP contribution in [0, 0.1) is 5.92 Å². The molecule has 0 radical (unpaired) electrons. The Kier molecular flexibility index (Phi) is 5.18. The monoisotopic (exact) mass is 452 g/mol. The summed E-state index contributed by atoms with van der Waals surface area (Å²) < 4.78 is 0. The smallest absolute Gasteiger partial charge is 0.262 e. The summed E-state index contributed by atoms with van der Waals surface area (Å²) in [6.45, 7) is 0.210. The van der Waals surface area contributed by atoms with Crippen molar-refractivity contribution in [2.45, 2.75) is 18.7 Å². The molecule has 2 aliphatic heterocycles. The molecule has 31 heavy (non-hydrogen) atoms. The van der Waals surface area contributed by atoms with Crippen molar-refractivity contribution in [3.8, 4) is 0 Å². The molecular formula is C24H18Cl2N2O3. The molecule has 2 aliphatic rings. The minimum absolute atomic E-state index is 0.210. The number of hydrogen-bond donors (Lipinski definition) is 0. The minimum Gasteiger partial charge on any atom is -0.275 e. The van der Waals surface area contributed by atoms with Crippen molar-refractivity contribution in [2.75, 3.05) is 5.06 Å². The highest BCUT2D eigenvalue weighted by Crippen LogP contribution is 2.48. The molecule has 2 saturated heterocycles. The van der Waals surface area contributed by atoms with Crippen LogP contribution in [0.3, 0.4) is 0 Å². The van der Waals surface area contributed by atoms with Crippen LogP contribution in [0.5, 0.6) is 0 Å². The number of anilines is 1. The van der Waals surface area contributed by atoms with Gasteiger partial charge in [-0.2, -0.15) is 0 Å². The van der Waals surface area contributed by atoms with Gasteiger partial charge in [0.15, 0.2) is 6.10 Å². The normalized spacial score (nSPS) is 22.8. The van der Waals surface area contributed by atoms with E-state index in [4.69, 9.17) is 28.0 Å². The zero-order chi connectivity index (χ0) is 21.5. The second-order valence-electron chi connectivity index (χ2n) is 7.57. The van der Waals surface area contributed by atoms with Crippen molar-refractivity contribution >= 4 is 40.7 Å². The molecule has 156 valence electrons. The Bertz CT molecular complexity index is 1140. The van der Waals surface area contributed by atoms with Gasteiger partial charge < -0.3 is 0 Å². The quantitative estimate of drug-likeness (QED) is 0.520. The van der Waals surface area contributed by atoms with Gasteiger partial charge in [-0.3, -0.25) is 19.3 Å². The number of amides is 2. The zero-order valence-electron chi connectivity index (χ0n) is 16.3. The van der Waals surface area contributed by atoms with Crippen molar-refractivity contribution in [3.63, 3.8) is 0 Å². The van der Waals surface area contributed by atoms with E-state index >= 15 is 0 Å². The van der Waals surface area contributed by atoms with Crippen LogP contribution in [0.2, 0.25) is 10.0 Å². The SMILES string of the molecule is O=C1[C@@H]2[C@@H](ON(c3ccccc3)[C@H]2c2ccc(Cl)cc2Cl)C(=O)N1Cc1ccccc1. The number of halogens is 2. The predicted molar refractivity (Wildman–Crippen MR) is 118 cm³/mol. The standard InChI is InChI=1S/C24H18Cl2N2O3/c25-16-11-12-18(19(26)13-16)21-20-22(31-28(21)17-9-5-2-6-10-17)24(30)27(23(20)29)14-15-7-3-1-4-8-15/h1-13,20-22H,14H2/t20-,21-,22+/m0/s1. The van der Waals surface area contributed by atoms with Crippen LogP contribution in [0.15, 0.2) is 78.9 Å². The summed E-state index contributed by atoms with van der Waals surface area (Å²) in [7, 11) is 0. The first-order valence-electron chi connectivity index (χ1n) is 9.90. The summed E-state index contributed by atoms with van der Waals surface area (Å²) in [5.41, 5.74) is 2.30. The molecule has 0 bridgehead atoms. The number of benzene rings is 3. The van der Waals surface area contributed by atoms with Crippen LogP contribution < -0.4 is 5.06 Å². The number of hydrogen-bond acceptors (Lipinski definition) is 4. The summed E-state index contributed by atoms with van der Waals surface area (Å²) in [5, 5.41) is 2.54. The number of hydroxylamine groups is 1. The molecule has 3 aromatic carbocycles. The molecule has 2 fully saturated rings. The number of nitrogens with zero attached hydrogens (tertiary/aromatic N) is 2. The zero-order valence-corrected chi connectivity index (χ0v) is 17.8. The van der Waals surface area contributed by atoms with Gasteiger partial charge >= 0.3 is 0 Å². The van der Waals surface area contributed by atoms with E-state index in [1.807, 2.05) is 60.7 Å². The van der Waals surface area contributed by atoms with E-state index in [1.54, 1.807) is 23.3 Å². The van der Waals surface area contributed by atoms with Crippen LogP contribution >= 0.6 is 23.2 Å². The van der Waals surface area contributed by atoms with Crippen molar-refractivity contribution < 1.29 is 14.4 Å². The Labute approximate surface area is 189 Å². The fraction of sp³-hybridized carbons (Fsp3) is 0.167. The van der Waals surface area contributed by atoms with Crippen LogP contribution in [0.4, 0.5) is 5.69 Å². The molecule has 5 nitrogen and oxygen atoms in total. The van der Waals surface area contributed by atoms with Gasteiger partial charge in [0.25, 0.3) is 5.91 Å². The molecule has 0 saturated carbocycles. The molecule has 0 aromatic heterocycles. The number of carbonyl (C=O) groups is 2. The molecule has 7 heteroatoms. The van der Waals surface area contributed by atoms with Gasteiger partial charge in [-0.05, 0) is 35.4 Å². The van der Waals surface area contributed by atoms with Crippen molar-refractivity contribution in [1.29, 1.82) is 0 Å². The lowest BCUT2D eigenvalue weighted by atomic mass is 9.90. The molecule has 2 heterocycles. The second kappa shape index (κ2) is 8.00. The van der Waals surface area contributed by atoms with Gasteiger partial charge in [-0.25, -0.2) is 5.06 Å². The van der Waals surface area contributed by atoms with Gasteiger partial charge in [0, 0.05) is 10.0 Å². The van der Waals surface area contributed by atoms with Crippen molar-refractivity contribution in [2.24, 2.45) is 5.92 Å². The number of carbonyl (C=O) groups excluding carboxylic acids is 2. The lowest BCUT2D eigenvalue weighted by Gasteiger charge is -2.29. The fourth-order valence-corrected chi connectivity index (χ4v) is 4.77. The van der Waals surface area contributed by atoms with E-state index in [2.05, 4.69) is 0 Å². The highest BCUT2D eigenvalue weighted by molar-refractivity contribution is 6.35. The van der Waals surface area contributed by atoms with Crippen molar-refractivity contribution in [1.82, 2.24) is 4.90 Å². The number of fused-ring (bicyclic) bond motifs is 1. The summed E-state index contributed by atoms with van der Waals surface area (Å²) in [4.78, 5) is 34.0. The molecule has 3 aromatic rings. The Hall–Kier alpha value is -2.86. The van der Waals surface area contributed by atoms with Crippen LogP contribution in [-0.4, -0.2) is 22.8 Å².